The van der Waals surface area contributed by atoms with Crippen LogP contribution in [0.4, 0.5) is 0 Å². The van der Waals surface area contributed by atoms with Gasteiger partial charge < -0.3 is 9.30 Å². The largest absolute Gasteiger partial charge is 0.457 e. The number of nitrogens with zero attached hydrogens (tertiary/aromatic N) is 5. The quantitative estimate of drug-likeness (QED) is 0.162. The lowest BCUT2D eigenvalue weighted by atomic mass is 9.63. The van der Waals surface area contributed by atoms with E-state index in [0.717, 1.165) is 88.9 Å². The van der Waals surface area contributed by atoms with E-state index in [9.17, 15) is 0 Å². The summed E-state index contributed by atoms with van der Waals surface area (Å²) in [5, 5.41) is 8.04. The van der Waals surface area contributed by atoms with Crippen molar-refractivity contribution < 1.29 is 4.74 Å². The van der Waals surface area contributed by atoms with Crippen LogP contribution < -0.4 is 4.74 Å². The van der Waals surface area contributed by atoms with Crippen molar-refractivity contribution in [2.24, 2.45) is 0 Å². The zero-order valence-corrected chi connectivity index (χ0v) is 36.0. The second-order valence-corrected chi connectivity index (χ2v) is 17.7. The molecule has 312 valence electrons. The van der Waals surface area contributed by atoms with Crippen LogP contribution in [0.2, 0.25) is 0 Å². The van der Waals surface area contributed by atoms with Crippen LogP contribution >= 0.6 is 0 Å². The predicted molar refractivity (Wildman–Crippen MR) is 273 cm³/mol. The fraction of sp³-hybridized carbons (Fsp3) is 0.0164. The molecule has 9 aromatic carbocycles. The number of rotatable bonds is 5. The molecule has 0 unspecified atom stereocenters. The summed E-state index contributed by atoms with van der Waals surface area (Å²) < 4.78 is 14.1. The maximum atomic E-state index is 6.95. The van der Waals surface area contributed by atoms with Gasteiger partial charge in [0.15, 0.2) is 0 Å². The van der Waals surface area contributed by atoms with Crippen molar-refractivity contribution in [2.75, 3.05) is 0 Å². The minimum absolute atomic E-state index is 0.585. The Morgan fingerprint density at radius 2 is 1.04 bits per heavy atom. The van der Waals surface area contributed by atoms with Gasteiger partial charge in [0.2, 0.25) is 0 Å². The molecule has 1 aliphatic rings. The number of ether oxygens (including phenoxy) is 1. The number of hydrogen-bond donors (Lipinski definition) is 0. The molecule has 6 heteroatoms. The third kappa shape index (κ3) is 4.83. The van der Waals surface area contributed by atoms with E-state index < -0.39 is 5.41 Å². The van der Waals surface area contributed by atoms with Gasteiger partial charge in [-0.1, -0.05) is 140 Å². The van der Waals surface area contributed by atoms with Crippen molar-refractivity contribution in [1.82, 2.24) is 23.5 Å². The molecule has 6 heterocycles. The van der Waals surface area contributed by atoms with Crippen molar-refractivity contribution in [2.45, 2.75) is 5.41 Å². The second kappa shape index (κ2) is 13.5. The lowest BCUT2D eigenvalue weighted by Crippen LogP contribution is -2.35. The van der Waals surface area contributed by atoms with Crippen LogP contribution in [0.25, 0.3) is 93.5 Å². The van der Waals surface area contributed by atoms with Crippen LogP contribution in [-0.4, -0.2) is 23.5 Å². The molecule has 0 saturated carbocycles. The Labute approximate surface area is 383 Å². The van der Waals surface area contributed by atoms with Gasteiger partial charge in [-0.05, 0) is 94.9 Å². The lowest BCUT2D eigenvalue weighted by Gasteiger charge is -2.41. The predicted octanol–water partition coefficient (Wildman–Crippen LogP) is 14.9. The third-order valence-corrected chi connectivity index (χ3v) is 14.3. The first kappa shape index (κ1) is 36.4. The minimum Gasteiger partial charge on any atom is -0.457 e. The Kier molecular flexibility index (Phi) is 7.33. The molecular weight excluding hydrogens is 819 g/mol. The summed E-state index contributed by atoms with van der Waals surface area (Å²) in [6.45, 7) is 0. The molecule has 0 saturated heterocycles. The molecule has 0 aliphatic carbocycles. The fourth-order valence-corrected chi connectivity index (χ4v) is 11.7. The van der Waals surface area contributed by atoms with E-state index in [1.165, 1.54) is 38.4 Å². The molecule has 0 bridgehead atoms. The molecule has 0 N–H and O–H groups in total. The van der Waals surface area contributed by atoms with Gasteiger partial charge >= 0.3 is 0 Å². The number of benzene rings is 9. The summed E-state index contributed by atoms with van der Waals surface area (Å²) in [6.07, 6.45) is 1.91. The topological polar surface area (TPSA) is 49.3 Å². The standard InChI is InChI=1S/C61H37N5O/c1-4-16-38(17-5-1)61(39-18-6-2-7-19-39)49-24-14-23-45-44-32-30-42(37-55(44)66(57(45)49)60-50(61)25-15-35-62-60)67-41-29-31-43-46-33-34-54-56(47-22-10-12-27-52(47)64(54)40-20-8-3-9-21-40)58(46)65-53-28-13-11-26-51(53)63-59(65)48(43)36-41/h1-37H. The first-order chi connectivity index (χ1) is 33.3. The van der Waals surface area contributed by atoms with Crippen LogP contribution in [0.15, 0.2) is 225 Å². The highest BCUT2D eigenvalue weighted by molar-refractivity contribution is 6.27. The number of fused-ring (bicyclic) bond motifs is 17. The van der Waals surface area contributed by atoms with E-state index in [2.05, 4.69) is 232 Å². The van der Waals surface area contributed by atoms with Crippen molar-refractivity contribution in [3.8, 4) is 23.0 Å². The van der Waals surface area contributed by atoms with Crippen molar-refractivity contribution in [3.63, 3.8) is 0 Å². The van der Waals surface area contributed by atoms with Gasteiger partial charge in [-0.15, -0.1) is 0 Å². The van der Waals surface area contributed by atoms with Crippen molar-refractivity contribution >= 4 is 82.0 Å². The molecule has 0 atom stereocenters. The van der Waals surface area contributed by atoms with Crippen LogP contribution in [0.1, 0.15) is 22.3 Å². The van der Waals surface area contributed by atoms with Crippen molar-refractivity contribution in [1.29, 1.82) is 0 Å². The smallest absolute Gasteiger partial charge is 0.146 e. The summed E-state index contributed by atoms with van der Waals surface area (Å²) in [4.78, 5) is 10.6. The average Bonchev–Trinajstić information content (AvgIpc) is 4.06. The number of para-hydroxylation sites is 5. The Balaban J connectivity index is 0.945. The van der Waals surface area contributed by atoms with Gasteiger partial charge in [0, 0.05) is 55.8 Å². The first-order valence-electron chi connectivity index (χ1n) is 22.8. The van der Waals surface area contributed by atoms with Gasteiger partial charge in [0.1, 0.15) is 23.0 Å². The van der Waals surface area contributed by atoms with Crippen LogP contribution in [0.3, 0.4) is 0 Å². The number of aromatic nitrogens is 5. The van der Waals surface area contributed by atoms with Crippen LogP contribution in [-0.2, 0) is 5.41 Å². The second-order valence-electron chi connectivity index (χ2n) is 17.7. The molecule has 0 spiro atoms. The van der Waals surface area contributed by atoms with E-state index in [-0.39, 0.29) is 0 Å². The Morgan fingerprint density at radius 3 is 1.85 bits per heavy atom. The molecule has 67 heavy (non-hydrogen) atoms. The van der Waals surface area contributed by atoms with Crippen molar-refractivity contribution in [3.05, 3.63) is 247 Å². The third-order valence-electron chi connectivity index (χ3n) is 14.3. The van der Waals surface area contributed by atoms with Gasteiger partial charge in [0.25, 0.3) is 0 Å². The minimum atomic E-state index is -0.585. The summed E-state index contributed by atoms with van der Waals surface area (Å²) in [7, 11) is 0. The molecule has 6 nitrogen and oxygen atoms in total. The highest BCUT2D eigenvalue weighted by Gasteiger charge is 2.45. The molecule has 0 fully saturated rings. The monoisotopic (exact) mass is 855 g/mol. The van der Waals surface area contributed by atoms with Gasteiger partial charge in [-0.2, -0.15) is 0 Å². The van der Waals surface area contributed by atoms with Gasteiger partial charge in [0.05, 0.1) is 44.0 Å². The lowest BCUT2D eigenvalue weighted by molar-refractivity contribution is 0.484. The first-order valence-corrected chi connectivity index (χ1v) is 22.8. The van der Waals surface area contributed by atoms with Gasteiger partial charge in [-0.3, -0.25) is 8.97 Å². The molecule has 0 radical (unpaired) electrons. The summed E-state index contributed by atoms with van der Waals surface area (Å²) in [6, 6.07) is 78.2. The normalized spacial score (nSPS) is 13.2. The van der Waals surface area contributed by atoms with Crippen LogP contribution in [0.5, 0.6) is 11.5 Å². The molecule has 0 amide bonds. The van der Waals surface area contributed by atoms with E-state index >= 15 is 0 Å². The van der Waals surface area contributed by atoms with Crippen LogP contribution in [0, 0.1) is 0 Å². The Bertz CT molecular complexity index is 4320. The van der Waals surface area contributed by atoms with E-state index in [1.54, 1.807) is 0 Å². The van der Waals surface area contributed by atoms with Gasteiger partial charge in [-0.25, -0.2) is 9.97 Å². The summed E-state index contributed by atoms with van der Waals surface area (Å²) in [5.41, 5.74) is 13.9. The zero-order valence-electron chi connectivity index (χ0n) is 36.0. The SMILES string of the molecule is c1ccc(-n2c3ccccc3c3c2ccc2c4ccc(Oc5ccc6c7cccc8c7n(c6c5)-c5ncccc5C8(c5ccccc5)c5ccccc5)cc4c4nc5ccccc5n4c23)cc1. The highest BCUT2D eigenvalue weighted by atomic mass is 16.5. The highest BCUT2D eigenvalue weighted by Crippen LogP contribution is 2.54. The Morgan fingerprint density at radius 1 is 0.403 bits per heavy atom. The number of hydrogen-bond acceptors (Lipinski definition) is 3. The maximum absolute atomic E-state index is 6.95. The summed E-state index contributed by atoms with van der Waals surface area (Å²) >= 11 is 0. The molecule has 14 aromatic rings. The maximum Gasteiger partial charge on any atom is 0.146 e. The molecule has 15 rings (SSSR count). The van der Waals surface area contributed by atoms with E-state index in [0.29, 0.717) is 0 Å². The molecule has 5 aromatic heterocycles. The average molecular weight is 856 g/mol. The molecular formula is C61H37N5O. The fourth-order valence-electron chi connectivity index (χ4n) is 11.7. The number of imidazole rings is 1. The van der Waals surface area contributed by atoms with E-state index in [1.807, 2.05) is 6.20 Å². The molecule has 1 aliphatic heterocycles. The zero-order chi connectivity index (χ0) is 43.8. The Hall–Kier alpha value is -9.00. The number of pyridine rings is 2. The summed E-state index contributed by atoms with van der Waals surface area (Å²) in [5.74, 6) is 2.40. The van der Waals surface area contributed by atoms with E-state index in [4.69, 9.17) is 14.7 Å².